The summed E-state index contributed by atoms with van der Waals surface area (Å²) in [5, 5.41) is 16.6. The van der Waals surface area contributed by atoms with E-state index in [1.807, 2.05) is 30.3 Å². The minimum absolute atomic E-state index is 0.494. The maximum Gasteiger partial charge on any atom is 0.173 e. The van der Waals surface area contributed by atoms with Gasteiger partial charge < -0.3 is 5.32 Å². The fourth-order valence-corrected chi connectivity index (χ4v) is 3.13. The molecule has 0 radical (unpaired) electrons. The molecule has 0 aliphatic heterocycles. The van der Waals surface area contributed by atoms with E-state index in [1.165, 1.54) is 5.56 Å². The first kappa shape index (κ1) is 16.2. The van der Waals surface area contributed by atoms with Crippen molar-refractivity contribution in [3.63, 3.8) is 0 Å². The molecule has 0 aliphatic carbocycles. The van der Waals surface area contributed by atoms with E-state index in [0.29, 0.717) is 16.2 Å². The van der Waals surface area contributed by atoms with Crippen molar-refractivity contribution >= 4 is 28.8 Å². The molecule has 26 heavy (non-hydrogen) atoms. The number of hydrogen-bond acceptors (Lipinski definition) is 3. The summed E-state index contributed by atoms with van der Waals surface area (Å²) >= 11 is 6.02. The number of nitrogens with zero attached hydrogens (tertiary/aromatic N) is 3. The standard InChI is InChI=1S/C20H16ClN5/c1-12-3-8-17(13(2)9-12)24-20-18(14-4-6-16(21)7-5-14)25-19-15(10-22)11-23-26(19)20/h3-9,11,23-24H,1-2H3. The number of fused-ring (bicyclic) bond motifs is 1. The Hall–Kier alpha value is -3.23. The topological polar surface area (TPSA) is 68.9 Å². The second-order valence-corrected chi connectivity index (χ2v) is 6.65. The van der Waals surface area contributed by atoms with Gasteiger partial charge in [0.15, 0.2) is 11.5 Å². The van der Waals surface area contributed by atoms with Crippen LogP contribution in [0.5, 0.6) is 0 Å². The number of aromatic amines is 1. The van der Waals surface area contributed by atoms with E-state index in [9.17, 15) is 5.26 Å². The normalized spacial score (nSPS) is 10.8. The Bertz CT molecular complexity index is 1150. The van der Waals surface area contributed by atoms with Crippen molar-refractivity contribution in [2.24, 2.45) is 0 Å². The number of benzene rings is 2. The van der Waals surface area contributed by atoms with Gasteiger partial charge in [0.1, 0.15) is 17.3 Å². The van der Waals surface area contributed by atoms with Crippen LogP contribution in [-0.4, -0.2) is 14.6 Å². The number of H-pyrrole nitrogens is 1. The average molecular weight is 362 g/mol. The number of rotatable bonds is 3. The monoisotopic (exact) mass is 361 g/mol. The summed E-state index contributed by atoms with van der Waals surface area (Å²) in [6.07, 6.45) is 1.65. The van der Waals surface area contributed by atoms with Gasteiger partial charge in [-0.15, -0.1) is 0 Å². The van der Waals surface area contributed by atoms with Gasteiger partial charge in [-0.2, -0.15) is 5.26 Å². The molecule has 2 N–H and O–H groups in total. The highest BCUT2D eigenvalue weighted by atomic mass is 35.5. The van der Waals surface area contributed by atoms with Crippen LogP contribution in [0.3, 0.4) is 0 Å². The quantitative estimate of drug-likeness (QED) is 0.526. The van der Waals surface area contributed by atoms with Gasteiger partial charge in [0.25, 0.3) is 0 Å². The first-order chi connectivity index (χ1) is 12.6. The molecule has 2 aromatic heterocycles. The predicted molar refractivity (Wildman–Crippen MR) is 104 cm³/mol. The fraction of sp³-hybridized carbons (Fsp3) is 0.100. The fourth-order valence-electron chi connectivity index (χ4n) is 3.01. The first-order valence-electron chi connectivity index (χ1n) is 8.17. The zero-order valence-corrected chi connectivity index (χ0v) is 15.1. The smallest absolute Gasteiger partial charge is 0.173 e. The van der Waals surface area contributed by atoms with E-state index in [4.69, 9.17) is 16.6 Å². The molecule has 128 valence electrons. The van der Waals surface area contributed by atoms with E-state index >= 15 is 0 Å². The van der Waals surface area contributed by atoms with E-state index in [2.05, 4.69) is 42.5 Å². The second-order valence-electron chi connectivity index (χ2n) is 6.22. The Balaban J connectivity index is 1.90. The first-order valence-corrected chi connectivity index (χ1v) is 8.55. The summed E-state index contributed by atoms with van der Waals surface area (Å²) in [4.78, 5) is 4.69. The van der Waals surface area contributed by atoms with Crippen LogP contribution in [0.2, 0.25) is 5.02 Å². The number of aryl methyl sites for hydroxylation is 2. The van der Waals surface area contributed by atoms with Crippen molar-refractivity contribution in [2.45, 2.75) is 13.8 Å². The molecule has 2 aromatic carbocycles. The van der Waals surface area contributed by atoms with Crippen LogP contribution in [0, 0.1) is 25.2 Å². The number of nitriles is 1. The molecule has 5 nitrogen and oxygen atoms in total. The summed E-state index contributed by atoms with van der Waals surface area (Å²) in [6.45, 7) is 4.13. The number of halogens is 1. The molecule has 0 saturated heterocycles. The highest BCUT2D eigenvalue weighted by Crippen LogP contribution is 2.33. The zero-order valence-electron chi connectivity index (χ0n) is 14.3. The lowest BCUT2D eigenvalue weighted by atomic mass is 10.1. The van der Waals surface area contributed by atoms with Crippen LogP contribution >= 0.6 is 11.6 Å². The van der Waals surface area contributed by atoms with Gasteiger partial charge in [-0.05, 0) is 37.6 Å². The largest absolute Gasteiger partial charge is 0.338 e. The van der Waals surface area contributed by atoms with Gasteiger partial charge in [-0.3, -0.25) is 5.10 Å². The third-order valence-corrected chi connectivity index (χ3v) is 4.58. The number of anilines is 2. The summed E-state index contributed by atoms with van der Waals surface area (Å²) in [6, 6.07) is 15.9. The van der Waals surface area contributed by atoms with E-state index < -0.39 is 0 Å². The number of hydrogen-bond donors (Lipinski definition) is 2. The van der Waals surface area contributed by atoms with Gasteiger partial charge in [-0.25, -0.2) is 9.50 Å². The van der Waals surface area contributed by atoms with Crippen LogP contribution in [0.25, 0.3) is 16.9 Å². The molecule has 0 amide bonds. The van der Waals surface area contributed by atoms with E-state index in [-0.39, 0.29) is 0 Å². The zero-order chi connectivity index (χ0) is 18.3. The van der Waals surface area contributed by atoms with Gasteiger partial charge in [-0.1, -0.05) is 41.4 Å². The molecule has 0 saturated carbocycles. The summed E-state index contributed by atoms with van der Waals surface area (Å²) in [5.74, 6) is 0.774. The van der Waals surface area contributed by atoms with Crippen LogP contribution in [0.1, 0.15) is 16.7 Å². The summed E-state index contributed by atoms with van der Waals surface area (Å²) < 4.78 is 1.79. The highest BCUT2D eigenvalue weighted by Gasteiger charge is 2.18. The van der Waals surface area contributed by atoms with E-state index in [0.717, 1.165) is 28.3 Å². The molecular weight excluding hydrogens is 346 g/mol. The predicted octanol–water partition coefficient (Wildman–Crippen LogP) is 5.21. The van der Waals surface area contributed by atoms with Gasteiger partial charge in [0.05, 0.1) is 0 Å². The molecular formula is C20H16ClN5. The molecule has 0 spiro atoms. The van der Waals surface area contributed by atoms with Crippen molar-refractivity contribution in [2.75, 3.05) is 5.32 Å². The lowest BCUT2D eigenvalue weighted by molar-refractivity contribution is 0.979. The Morgan fingerprint density at radius 3 is 2.62 bits per heavy atom. The van der Waals surface area contributed by atoms with Crippen molar-refractivity contribution in [1.29, 1.82) is 5.26 Å². The molecule has 0 aliphatic rings. The number of nitrogens with one attached hydrogen (secondary N) is 2. The maximum atomic E-state index is 9.33. The van der Waals surface area contributed by atoms with Crippen molar-refractivity contribution in [3.8, 4) is 17.3 Å². The minimum Gasteiger partial charge on any atom is -0.338 e. The van der Waals surface area contributed by atoms with Crippen molar-refractivity contribution < 1.29 is 0 Å². The lowest BCUT2D eigenvalue weighted by Gasteiger charge is -2.11. The molecule has 0 bridgehead atoms. The van der Waals surface area contributed by atoms with Crippen molar-refractivity contribution in [1.82, 2.24) is 14.6 Å². The number of imidazole rings is 1. The molecule has 4 rings (SSSR count). The molecule has 6 heteroatoms. The molecule has 0 unspecified atom stereocenters. The van der Waals surface area contributed by atoms with Gasteiger partial charge in [0.2, 0.25) is 0 Å². The Morgan fingerprint density at radius 2 is 1.92 bits per heavy atom. The van der Waals surface area contributed by atoms with Gasteiger partial charge >= 0.3 is 0 Å². The Kier molecular flexibility index (Phi) is 3.90. The third kappa shape index (κ3) is 2.71. The van der Waals surface area contributed by atoms with Crippen LogP contribution in [0.15, 0.2) is 48.7 Å². The van der Waals surface area contributed by atoms with Crippen LogP contribution < -0.4 is 5.32 Å². The third-order valence-electron chi connectivity index (χ3n) is 4.33. The lowest BCUT2D eigenvalue weighted by Crippen LogP contribution is -1.99. The SMILES string of the molecule is Cc1ccc(Nc2c(-c3ccc(Cl)cc3)nc3c(C#N)c[nH]n23)c(C)c1. The van der Waals surface area contributed by atoms with Gasteiger partial charge in [0, 0.05) is 22.5 Å². The molecule has 0 fully saturated rings. The molecule has 2 heterocycles. The molecule has 4 aromatic rings. The maximum absolute atomic E-state index is 9.33. The minimum atomic E-state index is 0.494. The summed E-state index contributed by atoms with van der Waals surface area (Å²) in [7, 11) is 0. The summed E-state index contributed by atoms with van der Waals surface area (Å²) in [5.41, 5.74) is 6.08. The average Bonchev–Trinajstić information content (AvgIpc) is 3.18. The van der Waals surface area contributed by atoms with Crippen LogP contribution in [0.4, 0.5) is 11.5 Å². The highest BCUT2D eigenvalue weighted by molar-refractivity contribution is 6.30. The second kappa shape index (κ2) is 6.25. The number of aromatic nitrogens is 3. The van der Waals surface area contributed by atoms with Crippen LogP contribution in [-0.2, 0) is 0 Å². The van der Waals surface area contributed by atoms with Crippen molar-refractivity contribution in [3.05, 3.63) is 70.4 Å². The van der Waals surface area contributed by atoms with E-state index in [1.54, 1.807) is 10.7 Å². The Morgan fingerprint density at radius 1 is 1.15 bits per heavy atom. The Labute approximate surface area is 155 Å². The molecule has 0 atom stereocenters.